The van der Waals surface area contributed by atoms with Crippen LogP contribution in [0.3, 0.4) is 0 Å². The molecule has 0 bridgehead atoms. The summed E-state index contributed by atoms with van der Waals surface area (Å²) in [6.07, 6.45) is 0.900. The summed E-state index contributed by atoms with van der Waals surface area (Å²) in [6.45, 7) is 5.53. The molecule has 0 fully saturated rings. The van der Waals surface area contributed by atoms with Crippen LogP contribution in [0.25, 0.3) is 22.0 Å². The Morgan fingerprint density at radius 3 is 2.52 bits per heavy atom. The number of halogens is 1. The highest BCUT2D eigenvalue weighted by Crippen LogP contribution is 2.32. The van der Waals surface area contributed by atoms with E-state index in [1.807, 2.05) is 44.2 Å². The molecule has 0 saturated carbocycles. The van der Waals surface area contributed by atoms with Gasteiger partial charge < -0.3 is 9.30 Å². The fourth-order valence-corrected chi connectivity index (χ4v) is 4.87. The number of hydrogen-bond donors (Lipinski definition) is 0. The number of ether oxygens (including phenoxy) is 1. The van der Waals surface area contributed by atoms with Gasteiger partial charge >= 0.3 is 0 Å². The number of methoxy groups -OCH3 is 1. The molecule has 7 heteroatoms. The van der Waals surface area contributed by atoms with Crippen LogP contribution in [0, 0.1) is 19.7 Å². The van der Waals surface area contributed by atoms with Gasteiger partial charge in [-0.1, -0.05) is 36.0 Å². The molecule has 0 atom stereocenters. The fraction of sp³-hybridized carbons (Fsp3) is 0.269. The Kier molecular flexibility index (Phi) is 7.20. The first-order valence-electron chi connectivity index (χ1n) is 10.8. The van der Waals surface area contributed by atoms with Crippen LogP contribution in [0.15, 0.2) is 59.6 Å². The van der Waals surface area contributed by atoms with Crippen molar-refractivity contribution in [3.63, 3.8) is 0 Å². The first kappa shape index (κ1) is 23.1. The van der Waals surface area contributed by atoms with Crippen LogP contribution in [-0.4, -0.2) is 40.0 Å². The molecule has 4 aromatic rings. The summed E-state index contributed by atoms with van der Waals surface area (Å²) < 4.78 is 20.7. The van der Waals surface area contributed by atoms with Gasteiger partial charge in [0.05, 0.1) is 5.75 Å². The van der Waals surface area contributed by atoms with Gasteiger partial charge in [0.2, 0.25) is 0 Å². The van der Waals surface area contributed by atoms with Gasteiger partial charge in [-0.2, -0.15) is 0 Å². The predicted octanol–water partition coefficient (Wildman–Crippen LogP) is 5.87. The number of rotatable bonds is 9. The molecule has 0 amide bonds. The number of aryl methyl sites for hydroxylation is 1. The average molecular weight is 464 g/mol. The Bertz CT molecular complexity index is 1280. The minimum Gasteiger partial charge on any atom is -0.385 e. The van der Waals surface area contributed by atoms with Gasteiger partial charge in [0.15, 0.2) is 5.78 Å². The van der Waals surface area contributed by atoms with Crippen LogP contribution in [0.2, 0.25) is 0 Å². The quantitative estimate of drug-likeness (QED) is 0.177. The minimum absolute atomic E-state index is 0.0691. The van der Waals surface area contributed by atoms with Gasteiger partial charge in [0.1, 0.15) is 16.5 Å². The Labute approximate surface area is 197 Å². The lowest BCUT2D eigenvalue weighted by molar-refractivity contribution is 0.102. The minimum atomic E-state index is -0.292. The summed E-state index contributed by atoms with van der Waals surface area (Å²) in [7, 11) is 1.69. The molecule has 170 valence electrons. The molecule has 4 rings (SSSR count). The molecule has 2 aromatic carbocycles. The monoisotopic (exact) mass is 463 g/mol. The highest BCUT2D eigenvalue weighted by Gasteiger charge is 2.18. The van der Waals surface area contributed by atoms with Gasteiger partial charge in [-0.3, -0.25) is 4.79 Å². The van der Waals surface area contributed by atoms with Gasteiger partial charge in [-0.15, -0.1) is 10.2 Å². The Morgan fingerprint density at radius 2 is 1.79 bits per heavy atom. The Morgan fingerprint density at radius 1 is 1.06 bits per heavy atom. The second kappa shape index (κ2) is 10.3. The highest BCUT2D eigenvalue weighted by molar-refractivity contribution is 8.00. The van der Waals surface area contributed by atoms with Crippen LogP contribution in [0.1, 0.15) is 28.2 Å². The molecule has 33 heavy (non-hydrogen) atoms. The second-order valence-electron chi connectivity index (χ2n) is 7.90. The number of carbonyl (C=O) groups is 1. The third-order valence-electron chi connectivity index (χ3n) is 5.72. The van der Waals surface area contributed by atoms with Crippen molar-refractivity contribution in [3.8, 4) is 11.3 Å². The zero-order chi connectivity index (χ0) is 23.4. The number of thioether (sulfide) groups is 1. The molecular weight excluding hydrogens is 437 g/mol. The van der Waals surface area contributed by atoms with Gasteiger partial charge in [0, 0.05) is 53.5 Å². The predicted molar refractivity (Wildman–Crippen MR) is 130 cm³/mol. The van der Waals surface area contributed by atoms with Crippen LogP contribution in [0.5, 0.6) is 0 Å². The van der Waals surface area contributed by atoms with Crippen molar-refractivity contribution in [2.45, 2.75) is 31.8 Å². The smallest absolute Gasteiger partial charge is 0.174 e. The SMILES string of the molecule is COCCCn1c(C)cc(C(=O)CSc2nnc(-c3ccc(F)cc3)c3ccccc23)c1C. The lowest BCUT2D eigenvalue weighted by Crippen LogP contribution is -2.08. The zero-order valence-corrected chi connectivity index (χ0v) is 19.8. The third-order valence-corrected chi connectivity index (χ3v) is 6.70. The summed E-state index contributed by atoms with van der Waals surface area (Å²) in [5.41, 5.74) is 4.30. The van der Waals surface area contributed by atoms with Gasteiger partial charge in [-0.25, -0.2) is 4.39 Å². The average Bonchev–Trinajstić information content (AvgIpc) is 3.11. The standard InChI is InChI=1S/C26H26FN3O2S/c1-17-15-23(18(2)30(17)13-6-14-32-3)24(31)16-33-26-22-8-5-4-7-21(22)25(28-29-26)19-9-11-20(27)12-10-19/h4-5,7-12,15H,6,13-14,16H2,1-3H3. The van der Waals surface area contributed by atoms with Crippen LogP contribution >= 0.6 is 11.8 Å². The maximum Gasteiger partial charge on any atom is 0.174 e. The number of hydrogen-bond acceptors (Lipinski definition) is 5. The summed E-state index contributed by atoms with van der Waals surface area (Å²) in [5, 5.41) is 11.4. The molecule has 2 heterocycles. The maximum atomic E-state index is 13.4. The number of benzene rings is 2. The number of aromatic nitrogens is 3. The molecule has 0 aliphatic heterocycles. The summed E-state index contributed by atoms with van der Waals surface area (Å²) in [5.74, 6) is 0.0519. The number of carbonyl (C=O) groups excluding carboxylic acids is 1. The topological polar surface area (TPSA) is 57.0 Å². The van der Waals surface area contributed by atoms with Crippen LogP contribution in [0.4, 0.5) is 4.39 Å². The highest BCUT2D eigenvalue weighted by atomic mass is 32.2. The van der Waals surface area contributed by atoms with E-state index >= 15 is 0 Å². The van der Waals surface area contributed by atoms with E-state index < -0.39 is 0 Å². The van der Waals surface area contributed by atoms with E-state index in [9.17, 15) is 9.18 Å². The van der Waals surface area contributed by atoms with E-state index in [1.54, 1.807) is 19.2 Å². The molecule has 0 spiro atoms. The molecular formula is C26H26FN3O2S. The van der Waals surface area contributed by atoms with Crippen molar-refractivity contribution in [2.75, 3.05) is 19.5 Å². The third kappa shape index (κ3) is 4.99. The molecule has 2 aromatic heterocycles. The first-order valence-corrected chi connectivity index (χ1v) is 11.8. The molecule has 0 aliphatic carbocycles. The largest absolute Gasteiger partial charge is 0.385 e. The number of Topliss-reactive ketones (excluding diaryl/α,β-unsaturated/α-hetero) is 1. The van der Waals surface area contributed by atoms with Crippen molar-refractivity contribution in [3.05, 3.63) is 77.4 Å². The van der Waals surface area contributed by atoms with Crippen molar-refractivity contribution in [1.82, 2.24) is 14.8 Å². The van der Waals surface area contributed by atoms with E-state index in [0.717, 1.165) is 46.3 Å². The Balaban J connectivity index is 1.56. The molecule has 0 saturated heterocycles. The van der Waals surface area contributed by atoms with Gasteiger partial charge in [-0.05, 0) is 50.6 Å². The molecule has 0 radical (unpaired) electrons. The van der Waals surface area contributed by atoms with Crippen LogP contribution in [-0.2, 0) is 11.3 Å². The van der Waals surface area contributed by atoms with Crippen molar-refractivity contribution < 1.29 is 13.9 Å². The van der Waals surface area contributed by atoms with E-state index in [4.69, 9.17) is 4.74 Å². The summed E-state index contributed by atoms with van der Waals surface area (Å²) in [4.78, 5) is 13.0. The first-order chi connectivity index (χ1) is 16.0. The van der Waals surface area contributed by atoms with Gasteiger partial charge in [0.25, 0.3) is 0 Å². The summed E-state index contributed by atoms with van der Waals surface area (Å²) in [6, 6.07) is 16.0. The van der Waals surface area contributed by atoms with E-state index in [2.05, 4.69) is 14.8 Å². The lowest BCUT2D eigenvalue weighted by Gasteiger charge is -2.10. The molecule has 0 N–H and O–H groups in total. The fourth-order valence-electron chi connectivity index (χ4n) is 4.01. The van der Waals surface area contributed by atoms with Crippen molar-refractivity contribution in [2.24, 2.45) is 0 Å². The maximum absolute atomic E-state index is 13.4. The van der Waals surface area contributed by atoms with Crippen molar-refractivity contribution >= 4 is 28.3 Å². The van der Waals surface area contributed by atoms with E-state index in [-0.39, 0.29) is 17.4 Å². The number of nitrogens with zero attached hydrogens (tertiary/aromatic N) is 3. The normalized spacial score (nSPS) is 11.3. The van der Waals surface area contributed by atoms with Crippen LogP contribution < -0.4 is 0 Å². The van der Waals surface area contributed by atoms with E-state index in [0.29, 0.717) is 17.3 Å². The molecule has 5 nitrogen and oxygen atoms in total. The number of fused-ring (bicyclic) bond motifs is 1. The number of ketones is 1. The zero-order valence-electron chi connectivity index (χ0n) is 19.0. The second-order valence-corrected chi connectivity index (χ2v) is 8.86. The summed E-state index contributed by atoms with van der Waals surface area (Å²) >= 11 is 1.39. The molecule has 0 unspecified atom stereocenters. The van der Waals surface area contributed by atoms with Crippen molar-refractivity contribution in [1.29, 1.82) is 0 Å². The Hall–Kier alpha value is -3.03. The molecule has 0 aliphatic rings. The lowest BCUT2D eigenvalue weighted by atomic mass is 10.1. The van der Waals surface area contributed by atoms with E-state index in [1.165, 1.54) is 23.9 Å².